The Labute approximate surface area is 100 Å². The van der Waals surface area contributed by atoms with Crippen LogP contribution in [0.15, 0.2) is 17.2 Å². The molecule has 0 spiro atoms. The smallest absolute Gasteiger partial charge is 0.348 e. The van der Waals surface area contributed by atoms with Crippen molar-refractivity contribution >= 4 is 11.5 Å². The van der Waals surface area contributed by atoms with Crippen LogP contribution in [0.4, 0.5) is 14.6 Å². The molecule has 0 unspecified atom stereocenters. The number of fused-ring (bicyclic) bond motifs is 1. The maximum absolute atomic E-state index is 12.4. The van der Waals surface area contributed by atoms with Gasteiger partial charge in [-0.3, -0.25) is 0 Å². The van der Waals surface area contributed by atoms with Crippen molar-refractivity contribution in [1.82, 2.24) is 19.6 Å². The fraction of sp³-hybridized carbons (Fsp3) is 0.444. The second-order valence-corrected chi connectivity index (χ2v) is 3.63. The summed E-state index contributed by atoms with van der Waals surface area (Å²) in [6.07, 6.45) is -1.25. The van der Waals surface area contributed by atoms with Gasteiger partial charge in [0, 0.05) is 19.2 Å². The highest BCUT2D eigenvalue weighted by atomic mass is 19.3. The van der Waals surface area contributed by atoms with Gasteiger partial charge in [0.2, 0.25) is 0 Å². The Hall–Kier alpha value is -2.03. The van der Waals surface area contributed by atoms with Gasteiger partial charge in [-0.1, -0.05) is 0 Å². The van der Waals surface area contributed by atoms with Gasteiger partial charge in [0.05, 0.1) is 6.54 Å². The van der Waals surface area contributed by atoms with E-state index in [0.717, 1.165) is 0 Å². The summed E-state index contributed by atoms with van der Waals surface area (Å²) in [5.74, 6) is 0.312. The highest BCUT2D eigenvalue weighted by Crippen LogP contribution is 2.12. The molecule has 2 rings (SSSR count). The van der Waals surface area contributed by atoms with E-state index < -0.39 is 18.7 Å². The predicted molar refractivity (Wildman–Crippen MR) is 60.9 cm³/mol. The molecule has 0 aliphatic heterocycles. The standard InChI is InChI=1S/C9H12F2N6O/c10-6(11)4-16(2-1-12)7-3-8-14-15-9(18)17(8)5-13-7/h3,5-6H,1-2,4,12H2,(H,15,18). The molecule has 0 aromatic carbocycles. The van der Waals surface area contributed by atoms with Crippen molar-refractivity contribution in [3.8, 4) is 0 Å². The summed E-state index contributed by atoms with van der Waals surface area (Å²) in [5, 5.41) is 5.98. The Morgan fingerprint density at radius 3 is 3.00 bits per heavy atom. The SMILES string of the molecule is NCCN(CC(F)F)c1cc2n[nH]c(=O)n2cn1. The van der Waals surface area contributed by atoms with Crippen LogP contribution in [0.3, 0.4) is 0 Å². The van der Waals surface area contributed by atoms with Crippen molar-refractivity contribution in [2.24, 2.45) is 5.73 Å². The van der Waals surface area contributed by atoms with Gasteiger partial charge in [-0.05, 0) is 0 Å². The molecule has 98 valence electrons. The van der Waals surface area contributed by atoms with Crippen molar-refractivity contribution in [3.05, 3.63) is 22.9 Å². The third-order valence-electron chi connectivity index (χ3n) is 2.38. The van der Waals surface area contributed by atoms with Gasteiger partial charge in [-0.2, -0.15) is 5.10 Å². The normalized spacial score (nSPS) is 11.3. The Morgan fingerprint density at radius 2 is 2.33 bits per heavy atom. The molecule has 9 heteroatoms. The van der Waals surface area contributed by atoms with Crippen LogP contribution in [-0.2, 0) is 0 Å². The first-order valence-electron chi connectivity index (χ1n) is 5.27. The van der Waals surface area contributed by atoms with E-state index in [0.29, 0.717) is 11.5 Å². The molecule has 0 bridgehead atoms. The zero-order valence-corrected chi connectivity index (χ0v) is 9.38. The van der Waals surface area contributed by atoms with Crippen LogP contribution < -0.4 is 16.3 Å². The first-order valence-corrected chi connectivity index (χ1v) is 5.27. The Balaban J connectivity index is 2.34. The van der Waals surface area contributed by atoms with Gasteiger partial charge in [-0.25, -0.2) is 28.1 Å². The second-order valence-electron chi connectivity index (χ2n) is 3.63. The summed E-state index contributed by atoms with van der Waals surface area (Å²) >= 11 is 0. The number of hydrogen-bond donors (Lipinski definition) is 2. The quantitative estimate of drug-likeness (QED) is 0.750. The molecular weight excluding hydrogens is 246 g/mol. The third kappa shape index (κ3) is 2.45. The molecule has 2 aromatic rings. The van der Waals surface area contributed by atoms with E-state index in [9.17, 15) is 13.6 Å². The minimum Gasteiger partial charge on any atom is -0.349 e. The minimum absolute atomic E-state index is 0.229. The average molecular weight is 258 g/mol. The van der Waals surface area contributed by atoms with Crippen LogP contribution in [0, 0.1) is 0 Å². The molecule has 3 N–H and O–H groups in total. The number of rotatable bonds is 5. The molecule has 0 radical (unpaired) electrons. The molecule has 0 amide bonds. The van der Waals surface area contributed by atoms with Gasteiger partial charge < -0.3 is 10.6 Å². The number of alkyl halides is 2. The Bertz CT molecular complexity index is 580. The number of halogens is 2. The largest absolute Gasteiger partial charge is 0.349 e. The fourth-order valence-corrected chi connectivity index (χ4v) is 1.59. The number of aromatic amines is 1. The molecule has 7 nitrogen and oxygen atoms in total. The molecule has 0 saturated carbocycles. The molecule has 18 heavy (non-hydrogen) atoms. The van der Waals surface area contributed by atoms with Gasteiger partial charge in [0.15, 0.2) is 5.65 Å². The van der Waals surface area contributed by atoms with Crippen LogP contribution in [0.2, 0.25) is 0 Å². The van der Waals surface area contributed by atoms with Crippen LogP contribution in [0.5, 0.6) is 0 Å². The zero-order valence-electron chi connectivity index (χ0n) is 9.38. The van der Waals surface area contributed by atoms with E-state index >= 15 is 0 Å². The maximum atomic E-state index is 12.4. The van der Waals surface area contributed by atoms with Crippen molar-refractivity contribution < 1.29 is 8.78 Å². The predicted octanol–water partition coefficient (Wildman–Crippen LogP) is -0.552. The van der Waals surface area contributed by atoms with E-state index in [1.54, 1.807) is 0 Å². The highest BCUT2D eigenvalue weighted by molar-refractivity contribution is 5.50. The second kappa shape index (κ2) is 5.08. The summed E-state index contributed by atoms with van der Waals surface area (Å²) in [6, 6.07) is 1.45. The maximum Gasteiger partial charge on any atom is 0.348 e. The highest BCUT2D eigenvalue weighted by Gasteiger charge is 2.14. The summed E-state index contributed by atoms with van der Waals surface area (Å²) in [4.78, 5) is 16.5. The average Bonchev–Trinajstić information content (AvgIpc) is 2.70. The fourth-order valence-electron chi connectivity index (χ4n) is 1.59. The van der Waals surface area contributed by atoms with Gasteiger partial charge in [0.25, 0.3) is 6.43 Å². The molecule has 2 heterocycles. The number of nitrogens with two attached hydrogens (primary N) is 1. The molecule has 0 saturated heterocycles. The Morgan fingerprint density at radius 1 is 1.56 bits per heavy atom. The number of nitrogens with one attached hydrogen (secondary N) is 1. The number of nitrogens with zero attached hydrogens (tertiary/aromatic N) is 4. The first-order chi connectivity index (χ1) is 8.61. The van der Waals surface area contributed by atoms with E-state index in [2.05, 4.69) is 15.2 Å². The summed E-state index contributed by atoms with van der Waals surface area (Å²) in [5.41, 5.74) is 5.26. The summed E-state index contributed by atoms with van der Waals surface area (Å²) in [6.45, 7) is 0.0180. The van der Waals surface area contributed by atoms with E-state index in [-0.39, 0.29) is 13.1 Å². The summed E-state index contributed by atoms with van der Waals surface area (Å²) < 4.78 is 26.0. The topological polar surface area (TPSA) is 92.3 Å². The summed E-state index contributed by atoms with van der Waals surface area (Å²) in [7, 11) is 0. The molecule has 0 aliphatic rings. The lowest BCUT2D eigenvalue weighted by Gasteiger charge is -2.22. The molecular formula is C9H12F2N6O. The molecule has 0 aliphatic carbocycles. The van der Waals surface area contributed by atoms with Gasteiger partial charge >= 0.3 is 5.69 Å². The van der Waals surface area contributed by atoms with E-state index in [1.165, 1.54) is 21.7 Å². The van der Waals surface area contributed by atoms with Crippen molar-refractivity contribution in [1.29, 1.82) is 0 Å². The monoisotopic (exact) mass is 258 g/mol. The Kier molecular flexibility index (Phi) is 3.51. The number of H-pyrrole nitrogens is 1. The zero-order chi connectivity index (χ0) is 13.1. The molecule has 0 fully saturated rings. The molecule has 2 aromatic heterocycles. The van der Waals surface area contributed by atoms with Crippen LogP contribution in [0.25, 0.3) is 5.65 Å². The van der Waals surface area contributed by atoms with Crippen molar-refractivity contribution in [2.75, 3.05) is 24.5 Å². The van der Waals surface area contributed by atoms with Crippen LogP contribution in [0.1, 0.15) is 0 Å². The van der Waals surface area contributed by atoms with Crippen LogP contribution in [-0.4, -0.2) is 45.6 Å². The third-order valence-corrected chi connectivity index (χ3v) is 2.38. The van der Waals surface area contributed by atoms with Gasteiger partial charge in [0.1, 0.15) is 12.1 Å². The lowest BCUT2D eigenvalue weighted by Crippen LogP contribution is -2.34. The molecule has 0 atom stereocenters. The van der Waals surface area contributed by atoms with Crippen molar-refractivity contribution in [3.63, 3.8) is 0 Å². The van der Waals surface area contributed by atoms with Crippen LogP contribution >= 0.6 is 0 Å². The number of anilines is 1. The minimum atomic E-state index is -2.49. The lowest BCUT2D eigenvalue weighted by atomic mass is 10.4. The van der Waals surface area contributed by atoms with Gasteiger partial charge in [-0.15, -0.1) is 0 Å². The lowest BCUT2D eigenvalue weighted by molar-refractivity contribution is 0.155. The first kappa shape index (κ1) is 12.4. The van der Waals surface area contributed by atoms with E-state index in [1.807, 2.05) is 0 Å². The van der Waals surface area contributed by atoms with E-state index in [4.69, 9.17) is 5.73 Å². The number of hydrogen-bond acceptors (Lipinski definition) is 5. The number of aromatic nitrogens is 4. The van der Waals surface area contributed by atoms with Crippen molar-refractivity contribution in [2.45, 2.75) is 6.43 Å².